The summed E-state index contributed by atoms with van der Waals surface area (Å²) in [4.78, 5) is 35.6. The molecule has 26 heavy (non-hydrogen) atoms. The van der Waals surface area contributed by atoms with E-state index in [1.165, 1.54) is 11.3 Å². The molecule has 0 aromatic carbocycles. The number of carbonyl (C=O) groups is 3. The normalized spacial score (nSPS) is 22.5. The van der Waals surface area contributed by atoms with Gasteiger partial charge in [0, 0.05) is 6.04 Å². The number of anilines is 1. The first kappa shape index (κ1) is 18.7. The Labute approximate surface area is 156 Å². The van der Waals surface area contributed by atoms with E-state index in [2.05, 4.69) is 10.6 Å². The maximum atomic E-state index is 12.3. The molecule has 0 bridgehead atoms. The van der Waals surface area contributed by atoms with Crippen molar-refractivity contribution in [1.82, 2.24) is 5.32 Å². The van der Waals surface area contributed by atoms with Crippen molar-refractivity contribution in [3.05, 3.63) is 16.5 Å². The van der Waals surface area contributed by atoms with Crippen LogP contribution < -0.4 is 10.6 Å². The molecule has 2 fully saturated rings. The van der Waals surface area contributed by atoms with E-state index < -0.39 is 11.9 Å². The molecule has 2 saturated carbocycles. The Morgan fingerprint density at radius 2 is 1.88 bits per heavy atom. The maximum absolute atomic E-state index is 12.3. The lowest BCUT2D eigenvalue weighted by atomic mass is 9.86. The molecule has 1 aromatic rings. The van der Waals surface area contributed by atoms with Crippen LogP contribution in [0.2, 0.25) is 0 Å². The number of hydrogen-bond acceptors (Lipinski definition) is 5. The number of amides is 2. The van der Waals surface area contributed by atoms with E-state index in [0.717, 1.165) is 18.4 Å². The second-order valence-corrected chi connectivity index (χ2v) is 7.75. The number of urea groups is 1. The zero-order valence-corrected chi connectivity index (χ0v) is 15.6. The Morgan fingerprint density at radius 1 is 1.19 bits per heavy atom. The predicted octanol–water partition coefficient (Wildman–Crippen LogP) is 3.57. The van der Waals surface area contributed by atoms with Gasteiger partial charge in [0.2, 0.25) is 0 Å². The van der Waals surface area contributed by atoms with Crippen LogP contribution in [0.25, 0.3) is 0 Å². The summed E-state index contributed by atoms with van der Waals surface area (Å²) >= 11 is 1.34. The summed E-state index contributed by atoms with van der Waals surface area (Å²) in [5.74, 6) is -1.09. The van der Waals surface area contributed by atoms with Gasteiger partial charge in [-0.15, -0.1) is 11.3 Å². The van der Waals surface area contributed by atoms with Crippen molar-refractivity contribution in [3.8, 4) is 0 Å². The highest BCUT2D eigenvalue weighted by molar-refractivity contribution is 7.15. The van der Waals surface area contributed by atoms with Crippen molar-refractivity contribution < 1.29 is 24.2 Å². The van der Waals surface area contributed by atoms with E-state index in [9.17, 15) is 14.4 Å². The molecule has 0 spiro atoms. The molecule has 2 aliphatic rings. The van der Waals surface area contributed by atoms with Crippen molar-refractivity contribution in [1.29, 1.82) is 0 Å². The van der Waals surface area contributed by atoms with Crippen LogP contribution in [0.15, 0.2) is 5.38 Å². The summed E-state index contributed by atoms with van der Waals surface area (Å²) in [6.45, 7) is 2.05. The fraction of sp³-hybridized carbons (Fsp3) is 0.611. The van der Waals surface area contributed by atoms with Gasteiger partial charge >= 0.3 is 18.0 Å². The highest BCUT2D eigenvalue weighted by Crippen LogP contribution is 2.46. The predicted molar refractivity (Wildman–Crippen MR) is 97.8 cm³/mol. The zero-order valence-electron chi connectivity index (χ0n) is 14.7. The lowest BCUT2D eigenvalue weighted by Gasteiger charge is -2.26. The van der Waals surface area contributed by atoms with Gasteiger partial charge in [-0.3, -0.25) is 10.1 Å². The molecule has 2 aliphatic carbocycles. The molecule has 1 heterocycles. The number of rotatable bonds is 6. The van der Waals surface area contributed by atoms with Gasteiger partial charge < -0.3 is 15.2 Å². The minimum atomic E-state index is -0.766. The van der Waals surface area contributed by atoms with Crippen molar-refractivity contribution in [3.63, 3.8) is 0 Å². The molecule has 0 aliphatic heterocycles. The van der Waals surface area contributed by atoms with Crippen molar-refractivity contribution in [2.75, 3.05) is 11.9 Å². The Morgan fingerprint density at radius 3 is 2.46 bits per heavy atom. The van der Waals surface area contributed by atoms with Crippen LogP contribution in [0.5, 0.6) is 0 Å². The number of hydrogen-bond donors (Lipinski definition) is 3. The van der Waals surface area contributed by atoms with Gasteiger partial charge in [0.25, 0.3) is 0 Å². The van der Waals surface area contributed by atoms with E-state index in [-0.39, 0.29) is 24.6 Å². The van der Waals surface area contributed by atoms with Crippen molar-refractivity contribution in [2.24, 2.45) is 5.92 Å². The number of aliphatic carboxylic acids is 1. The smallest absolute Gasteiger partial charge is 0.341 e. The lowest BCUT2D eigenvalue weighted by molar-refractivity contribution is -0.142. The number of esters is 1. The van der Waals surface area contributed by atoms with Crippen LogP contribution in [-0.4, -0.2) is 35.7 Å². The molecule has 0 radical (unpaired) electrons. The highest BCUT2D eigenvalue weighted by Gasteiger charge is 2.33. The van der Waals surface area contributed by atoms with Crippen LogP contribution in [0.3, 0.4) is 0 Å². The Hall–Kier alpha value is -2.09. The number of ether oxygens (including phenoxy) is 1. The van der Waals surface area contributed by atoms with Gasteiger partial charge in [-0.05, 0) is 62.3 Å². The fourth-order valence-corrected chi connectivity index (χ4v) is 4.41. The molecule has 0 saturated heterocycles. The largest absolute Gasteiger partial charge is 0.481 e. The highest BCUT2D eigenvalue weighted by atomic mass is 32.1. The Bertz CT molecular complexity index is 690. The molecule has 3 rings (SSSR count). The minimum Gasteiger partial charge on any atom is -0.481 e. The number of carboxylic acids is 1. The Kier molecular flexibility index (Phi) is 5.80. The molecule has 3 N–H and O–H groups in total. The topological polar surface area (TPSA) is 105 Å². The quantitative estimate of drug-likeness (QED) is 0.655. The first-order valence-corrected chi connectivity index (χ1v) is 9.96. The number of carboxylic acid groups (broad SMARTS) is 1. The molecule has 0 unspecified atom stereocenters. The molecule has 1 aromatic heterocycles. The van der Waals surface area contributed by atoms with E-state index in [1.807, 2.05) is 5.38 Å². The van der Waals surface area contributed by atoms with Gasteiger partial charge in [0.05, 0.1) is 18.1 Å². The summed E-state index contributed by atoms with van der Waals surface area (Å²) in [6, 6.07) is -0.405. The summed E-state index contributed by atoms with van der Waals surface area (Å²) in [5.41, 5.74) is 1.44. The van der Waals surface area contributed by atoms with E-state index in [4.69, 9.17) is 9.84 Å². The van der Waals surface area contributed by atoms with Crippen LogP contribution in [0.4, 0.5) is 9.80 Å². The number of carbonyl (C=O) groups excluding carboxylic acids is 2. The van der Waals surface area contributed by atoms with E-state index >= 15 is 0 Å². The second-order valence-electron chi connectivity index (χ2n) is 6.88. The van der Waals surface area contributed by atoms with E-state index in [0.29, 0.717) is 42.2 Å². The summed E-state index contributed by atoms with van der Waals surface area (Å²) < 4.78 is 5.15. The Balaban J connectivity index is 1.61. The average Bonchev–Trinajstić information content (AvgIpc) is 3.36. The summed E-state index contributed by atoms with van der Waals surface area (Å²) in [5, 5.41) is 17.2. The summed E-state index contributed by atoms with van der Waals surface area (Å²) in [7, 11) is 0. The van der Waals surface area contributed by atoms with Gasteiger partial charge in [0.15, 0.2) is 0 Å². The third-order valence-corrected chi connectivity index (χ3v) is 5.87. The molecule has 142 valence electrons. The van der Waals surface area contributed by atoms with Crippen LogP contribution in [-0.2, 0) is 9.53 Å². The molecular weight excluding hydrogens is 356 g/mol. The van der Waals surface area contributed by atoms with Gasteiger partial charge in [0.1, 0.15) is 5.00 Å². The molecule has 7 nitrogen and oxygen atoms in total. The standard InChI is InChI=1S/C18H24N2O5S/c1-2-25-17(23)14-13(10-3-4-10)9-26-15(14)20-18(24)19-12-7-5-11(6-8-12)16(21)22/h9-12H,2-8H2,1H3,(H,21,22)(H2,19,20,24). The second kappa shape index (κ2) is 8.07. The zero-order chi connectivity index (χ0) is 18.7. The third kappa shape index (κ3) is 4.35. The van der Waals surface area contributed by atoms with Crippen molar-refractivity contribution >= 4 is 34.3 Å². The molecule has 8 heteroatoms. The van der Waals surface area contributed by atoms with Crippen LogP contribution >= 0.6 is 11.3 Å². The monoisotopic (exact) mass is 380 g/mol. The van der Waals surface area contributed by atoms with Crippen LogP contribution in [0, 0.1) is 5.92 Å². The SMILES string of the molecule is CCOC(=O)c1c(C2CC2)csc1NC(=O)NC1CCC(C(=O)O)CC1. The van der Waals surface area contributed by atoms with Gasteiger partial charge in [-0.25, -0.2) is 9.59 Å². The minimum absolute atomic E-state index is 0.0421. The third-order valence-electron chi connectivity index (χ3n) is 4.95. The first-order chi connectivity index (χ1) is 12.5. The average molecular weight is 380 g/mol. The number of thiophene rings is 1. The first-order valence-electron chi connectivity index (χ1n) is 9.08. The molecule has 2 amide bonds. The maximum Gasteiger partial charge on any atom is 0.341 e. The van der Waals surface area contributed by atoms with Crippen LogP contribution in [0.1, 0.15) is 67.3 Å². The molecular formula is C18H24N2O5S. The van der Waals surface area contributed by atoms with Crippen molar-refractivity contribution in [2.45, 2.75) is 57.4 Å². The van der Waals surface area contributed by atoms with Gasteiger partial charge in [-0.2, -0.15) is 0 Å². The molecule has 0 atom stereocenters. The van der Waals surface area contributed by atoms with E-state index in [1.54, 1.807) is 6.92 Å². The number of nitrogens with one attached hydrogen (secondary N) is 2. The fourth-order valence-electron chi connectivity index (χ4n) is 3.38. The van der Waals surface area contributed by atoms with Gasteiger partial charge in [-0.1, -0.05) is 0 Å². The lowest BCUT2D eigenvalue weighted by Crippen LogP contribution is -2.41. The summed E-state index contributed by atoms with van der Waals surface area (Å²) in [6.07, 6.45) is 4.54.